The summed E-state index contributed by atoms with van der Waals surface area (Å²) in [5.41, 5.74) is 2.12. The highest BCUT2D eigenvalue weighted by atomic mass is 16.2. The number of hydrogen-bond donors (Lipinski definition) is 2. The minimum absolute atomic E-state index is 0.00550. The van der Waals surface area contributed by atoms with Crippen molar-refractivity contribution < 1.29 is 4.79 Å². The fourth-order valence-corrected chi connectivity index (χ4v) is 2.63. The van der Waals surface area contributed by atoms with Gasteiger partial charge >= 0.3 is 0 Å². The van der Waals surface area contributed by atoms with E-state index in [1.807, 2.05) is 12.3 Å². The van der Waals surface area contributed by atoms with Gasteiger partial charge in [-0.1, -0.05) is 6.92 Å². The largest absolute Gasteiger partial charge is 0.385 e. The van der Waals surface area contributed by atoms with Crippen molar-refractivity contribution in [2.75, 3.05) is 25.5 Å². The van der Waals surface area contributed by atoms with Gasteiger partial charge in [-0.25, -0.2) is 0 Å². The molecular formula is C15H24N4O. The second-order valence-electron chi connectivity index (χ2n) is 5.21. The molecule has 1 fully saturated rings. The fourth-order valence-electron chi connectivity index (χ4n) is 2.63. The Balaban J connectivity index is 2.00. The topological polar surface area (TPSA) is 57.3 Å². The fraction of sp³-hybridized carbons (Fsp3) is 0.600. The maximum absolute atomic E-state index is 11.8. The summed E-state index contributed by atoms with van der Waals surface area (Å²) in [6.07, 6.45) is 4.94. The van der Waals surface area contributed by atoms with Gasteiger partial charge in [0.15, 0.2) is 0 Å². The van der Waals surface area contributed by atoms with Crippen LogP contribution in [0.2, 0.25) is 0 Å². The van der Waals surface area contributed by atoms with Crippen LogP contribution in [0.4, 0.5) is 5.69 Å². The molecule has 0 radical (unpaired) electrons. The van der Waals surface area contributed by atoms with Crippen LogP contribution in [-0.4, -0.2) is 42.0 Å². The average molecular weight is 276 g/mol. The molecule has 2 rings (SSSR count). The molecule has 1 aromatic rings. The van der Waals surface area contributed by atoms with Crippen LogP contribution >= 0.6 is 0 Å². The Morgan fingerprint density at radius 1 is 1.55 bits per heavy atom. The number of pyridine rings is 1. The third kappa shape index (κ3) is 3.70. The van der Waals surface area contributed by atoms with Crippen molar-refractivity contribution >= 4 is 11.6 Å². The quantitative estimate of drug-likeness (QED) is 0.829. The van der Waals surface area contributed by atoms with Gasteiger partial charge in [0.1, 0.15) is 0 Å². The summed E-state index contributed by atoms with van der Waals surface area (Å²) >= 11 is 0. The minimum atomic E-state index is -0.00550. The molecule has 0 saturated carbocycles. The highest BCUT2D eigenvalue weighted by molar-refractivity contribution is 5.81. The van der Waals surface area contributed by atoms with Gasteiger partial charge in [0.2, 0.25) is 5.91 Å². The number of nitrogens with zero attached hydrogens (tertiary/aromatic N) is 2. The molecule has 0 spiro atoms. The van der Waals surface area contributed by atoms with Crippen LogP contribution in [0.3, 0.4) is 0 Å². The third-order valence-corrected chi connectivity index (χ3v) is 3.67. The number of aromatic nitrogens is 1. The molecule has 1 atom stereocenters. The molecule has 1 saturated heterocycles. The van der Waals surface area contributed by atoms with E-state index in [-0.39, 0.29) is 11.9 Å². The van der Waals surface area contributed by atoms with Gasteiger partial charge in [0.05, 0.1) is 11.7 Å². The van der Waals surface area contributed by atoms with E-state index in [9.17, 15) is 4.79 Å². The molecule has 110 valence electrons. The van der Waals surface area contributed by atoms with Crippen molar-refractivity contribution in [1.82, 2.24) is 15.2 Å². The Morgan fingerprint density at radius 3 is 3.15 bits per heavy atom. The molecule has 1 aromatic heterocycles. The summed E-state index contributed by atoms with van der Waals surface area (Å²) in [5, 5.41) is 6.12. The number of nitrogens with one attached hydrogen (secondary N) is 2. The number of carbonyl (C=O) groups excluding carboxylic acids is 1. The maximum atomic E-state index is 11.8. The second-order valence-corrected chi connectivity index (χ2v) is 5.21. The van der Waals surface area contributed by atoms with Crippen LogP contribution in [0.1, 0.15) is 31.9 Å². The predicted molar refractivity (Wildman–Crippen MR) is 80.5 cm³/mol. The lowest BCUT2D eigenvalue weighted by Crippen LogP contribution is -2.41. The first kappa shape index (κ1) is 14.8. The summed E-state index contributed by atoms with van der Waals surface area (Å²) in [4.78, 5) is 18.5. The average Bonchev–Trinajstić information content (AvgIpc) is 2.93. The molecule has 0 aromatic carbocycles. The van der Waals surface area contributed by atoms with Gasteiger partial charge in [-0.15, -0.1) is 0 Å². The summed E-state index contributed by atoms with van der Waals surface area (Å²) < 4.78 is 0. The molecule has 20 heavy (non-hydrogen) atoms. The molecule has 1 amide bonds. The van der Waals surface area contributed by atoms with Gasteiger partial charge in [-0.05, 0) is 37.9 Å². The Hall–Kier alpha value is -1.62. The minimum Gasteiger partial charge on any atom is -0.385 e. The molecule has 2 N–H and O–H groups in total. The molecule has 0 bridgehead atoms. The second kappa shape index (κ2) is 7.24. The molecule has 5 heteroatoms. The molecular weight excluding hydrogens is 252 g/mol. The normalized spacial score (nSPS) is 19.0. The van der Waals surface area contributed by atoms with E-state index in [1.54, 1.807) is 7.05 Å². The number of rotatable bonds is 6. The molecule has 0 aliphatic carbocycles. The highest BCUT2D eigenvalue weighted by Gasteiger charge is 2.30. The van der Waals surface area contributed by atoms with E-state index >= 15 is 0 Å². The van der Waals surface area contributed by atoms with Gasteiger partial charge in [0.25, 0.3) is 0 Å². The standard InChI is InChI=1S/C15H24N4O/c1-3-7-17-12-6-8-18-13(10-12)11-19-9-4-5-14(19)15(20)16-2/h6,8,10,14H,3-5,7,9,11H2,1-2H3,(H,16,20)(H,17,18). The zero-order valence-electron chi connectivity index (χ0n) is 12.4. The predicted octanol–water partition coefficient (Wildman–Crippen LogP) is 1.61. The smallest absolute Gasteiger partial charge is 0.237 e. The number of likely N-dealkylation sites (N-methyl/N-ethyl adjacent to an activating group) is 1. The number of amides is 1. The van der Waals surface area contributed by atoms with Gasteiger partial charge < -0.3 is 10.6 Å². The third-order valence-electron chi connectivity index (χ3n) is 3.67. The summed E-state index contributed by atoms with van der Waals surface area (Å²) in [6.45, 7) is 4.81. The van der Waals surface area contributed by atoms with Crippen LogP contribution in [-0.2, 0) is 11.3 Å². The first-order valence-electron chi connectivity index (χ1n) is 7.39. The van der Waals surface area contributed by atoms with Gasteiger partial charge in [0, 0.05) is 32.0 Å². The molecule has 1 unspecified atom stereocenters. The monoisotopic (exact) mass is 276 g/mol. The van der Waals surface area contributed by atoms with Crippen molar-refractivity contribution in [3.8, 4) is 0 Å². The molecule has 2 heterocycles. The Kier molecular flexibility index (Phi) is 5.35. The Labute approximate surface area is 120 Å². The zero-order chi connectivity index (χ0) is 14.4. The summed E-state index contributed by atoms with van der Waals surface area (Å²) in [6, 6.07) is 4.06. The first-order chi connectivity index (χ1) is 9.74. The maximum Gasteiger partial charge on any atom is 0.237 e. The van der Waals surface area contributed by atoms with Crippen LogP contribution in [0.15, 0.2) is 18.3 Å². The van der Waals surface area contributed by atoms with E-state index in [4.69, 9.17) is 0 Å². The van der Waals surface area contributed by atoms with E-state index in [1.165, 1.54) is 0 Å². The van der Waals surface area contributed by atoms with Crippen LogP contribution in [0.5, 0.6) is 0 Å². The Bertz CT molecular complexity index is 449. The van der Waals surface area contributed by atoms with Crippen molar-refractivity contribution in [3.05, 3.63) is 24.0 Å². The summed E-state index contributed by atoms with van der Waals surface area (Å²) in [7, 11) is 1.70. The lowest BCUT2D eigenvalue weighted by atomic mass is 10.2. The van der Waals surface area contributed by atoms with Crippen molar-refractivity contribution in [2.45, 2.75) is 38.8 Å². The first-order valence-corrected chi connectivity index (χ1v) is 7.39. The highest BCUT2D eigenvalue weighted by Crippen LogP contribution is 2.20. The Morgan fingerprint density at radius 2 is 2.40 bits per heavy atom. The van der Waals surface area contributed by atoms with Crippen molar-refractivity contribution in [2.24, 2.45) is 0 Å². The zero-order valence-corrected chi connectivity index (χ0v) is 12.4. The molecule has 1 aliphatic rings. The van der Waals surface area contributed by atoms with E-state index < -0.39 is 0 Å². The van der Waals surface area contributed by atoms with E-state index in [0.29, 0.717) is 0 Å². The lowest BCUT2D eigenvalue weighted by Gasteiger charge is -2.22. The van der Waals surface area contributed by atoms with E-state index in [2.05, 4.69) is 33.5 Å². The van der Waals surface area contributed by atoms with Gasteiger partial charge in [-0.2, -0.15) is 0 Å². The number of carbonyl (C=O) groups is 1. The van der Waals surface area contributed by atoms with Crippen LogP contribution < -0.4 is 10.6 Å². The number of anilines is 1. The van der Waals surface area contributed by atoms with Crippen LogP contribution in [0.25, 0.3) is 0 Å². The molecule has 1 aliphatic heterocycles. The van der Waals surface area contributed by atoms with Crippen molar-refractivity contribution in [1.29, 1.82) is 0 Å². The lowest BCUT2D eigenvalue weighted by molar-refractivity contribution is -0.125. The number of hydrogen-bond acceptors (Lipinski definition) is 4. The SMILES string of the molecule is CCCNc1ccnc(CN2CCCC2C(=O)NC)c1. The summed E-state index contributed by atoms with van der Waals surface area (Å²) in [5.74, 6) is 0.114. The van der Waals surface area contributed by atoms with Crippen LogP contribution in [0, 0.1) is 0 Å². The van der Waals surface area contributed by atoms with Crippen molar-refractivity contribution in [3.63, 3.8) is 0 Å². The molecule has 5 nitrogen and oxygen atoms in total. The number of likely N-dealkylation sites (tertiary alicyclic amines) is 1. The van der Waals surface area contributed by atoms with E-state index in [0.717, 1.165) is 50.3 Å². The van der Waals surface area contributed by atoms with Gasteiger partial charge in [-0.3, -0.25) is 14.7 Å².